The molecule has 1 N–H and O–H groups in total. The molecule has 1 atom stereocenters. The van der Waals surface area contributed by atoms with Crippen LogP contribution >= 0.6 is 11.6 Å². The largest absolute Gasteiger partial charge is 0.507 e. The van der Waals surface area contributed by atoms with Crippen LogP contribution in [0.4, 0.5) is 18.9 Å². The van der Waals surface area contributed by atoms with Crippen molar-refractivity contribution in [3.63, 3.8) is 0 Å². The molecule has 1 aliphatic heterocycles. The maximum atomic E-state index is 13.5. The first-order chi connectivity index (χ1) is 17.0. The van der Waals surface area contributed by atoms with Gasteiger partial charge >= 0.3 is 6.18 Å². The zero-order valence-corrected chi connectivity index (χ0v) is 20.2. The summed E-state index contributed by atoms with van der Waals surface area (Å²) in [5.41, 5.74) is 0.484. The summed E-state index contributed by atoms with van der Waals surface area (Å²) < 4.78 is 45.7. The van der Waals surface area contributed by atoms with Crippen LogP contribution in [0.25, 0.3) is 5.76 Å². The second-order valence-electron chi connectivity index (χ2n) is 8.40. The number of carbonyl (C=O) groups is 2. The molecule has 0 aromatic heterocycles. The number of anilines is 1. The predicted octanol–water partition coefficient (Wildman–Crippen LogP) is 6.61. The normalized spacial score (nSPS) is 17.5. The van der Waals surface area contributed by atoms with E-state index in [1.54, 1.807) is 50.2 Å². The number of alkyl halides is 3. The third kappa shape index (κ3) is 4.33. The van der Waals surface area contributed by atoms with Crippen LogP contribution in [0, 0.1) is 13.8 Å². The number of aliphatic hydroxyl groups excluding tert-OH is 1. The molecule has 1 aliphatic rings. The van der Waals surface area contributed by atoms with E-state index < -0.39 is 35.2 Å². The molecule has 3 aromatic rings. The lowest BCUT2D eigenvalue weighted by molar-refractivity contribution is -0.137. The zero-order chi connectivity index (χ0) is 26.4. The second-order valence-corrected chi connectivity index (χ2v) is 8.81. The summed E-state index contributed by atoms with van der Waals surface area (Å²) in [5.74, 6) is -2.56. The summed E-state index contributed by atoms with van der Waals surface area (Å²) in [5, 5.41) is 11.6. The van der Waals surface area contributed by atoms with Crippen LogP contribution in [0.3, 0.4) is 0 Å². The summed E-state index contributed by atoms with van der Waals surface area (Å²) in [6.07, 6.45) is -4.66. The molecule has 1 saturated heterocycles. The molecule has 1 amide bonds. The molecule has 0 saturated carbocycles. The van der Waals surface area contributed by atoms with Gasteiger partial charge in [0.2, 0.25) is 0 Å². The van der Waals surface area contributed by atoms with Gasteiger partial charge < -0.3 is 9.84 Å². The van der Waals surface area contributed by atoms with Crippen molar-refractivity contribution in [1.29, 1.82) is 0 Å². The van der Waals surface area contributed by atoms with Crippen molar-refractivity contribution < 1.29 is 32.6 Å². The highest BCUT2D eigenvalue weighted by molar-refractivity contribution is 6.51. The fourth-order valence-electron chi connectivity index (χ4n) is 4.38. The topological polar surface area (TPSA) is 66.8 Å². The molecule has 0 spiro atoms. The molecule has 0 aliphatic carbocycles. The molecule has 186 valence electrons. The maximum absolute atomic E-state index is 13.5. The van der Waals surface area contributed by atoms with Gasteiger partial charge in [-0.3, -0.25) is 14.5 Å². The second kappa shape index (κ2) is 9.35. The van der Waals surface area contributed by atoms with Gasteiger partial charge in [-0.15, -0.1) is 0 Å². The molecule has 9 heteroatoms. The summed E-state index contributed by atoms with van der Waals surface area (Å²) in [4.78, 5) is 27.6. The number of hydrogen-bond acceptors (Lipinski definition) is 4. The average Bonchev–Trinajstić information content (AvgIpc) is 3.08. The highest BCUT2D eigenvalue weighted by Crippen LogP contribution is 2.46. The van der Waals surface area contributed by atoms with Gasteiger partial charge in [0, 0.05) is 5.69 Å². The molecule has 1 fully saturated rings. The highest BCUT2D eigenvalue weighted by Gasteiger charge is 2.48. The average molecular weight is 516 g/mol. The van der Waals surface area contributed by atoms with Gasteiger partial charge in [0.15, 0.2) is 0 Å². The third-order valence-corrected chi connectivity index (χ3v) is 6.31. The smallest absolute Gasteiger partial charge is 0.416 e. The molecule has 36 heavy (non-hydrogen) atoms. The van der Waals surface area contributed by atoms with Crippen LogP contribution < -0.4 is 9.64 Å². The van der Waals surface area contributed by atoms with Gasteiger partial charge in [0.1, 0.15) is 11.5 Å². The lowest BCUT2D eigenvalue weighted by atomic mass is 9.92. The predicted molar refractivity (Wildman–Crippen MR) is 130 cm³/mol. The Morgan fingerprint density at radius 1 is 1.03 bits per heavy atom. The Labute approximate surface area is 210 Å². The maximum Gasteiger partial charge on any atom is 0.416 e. The van der Waals surface area contributed by atoms with Crippen LogP contribution in [0.1, 0.15) is 33.9 Å². The Morgan fingerprint density at radius 3 is 2.36 bits per heavy atom. The van der Waals surface area contributed by atoms with Crippen molar-refractivity contribution in [1.82, 2.24) is 0 Å². The van der Waals surface area contributed by atoms with Crippen LogP contribution in [-0.2, 0) is 15.8 Å². The van der Waals surface area contributed by atoms with Gasteiger partial charge in [0.25, 0.3) is 11.7 Å². The summed E-state index contributed by atoms with van der Waals surface area (Å²) >= 11 is 6.29. The van der Waals surface area contributed by atoms with Crippen molar-refractivity contribution in [2.45, 2.75) is 26.1 Å². The number of Topliss-reactive ketones (excluding diaryl/α,β-unsaturated/α-hetero) is 1. The molecular weight excluding hydrogens is 495 g/mol. The number of rotatable bonds is 4. The van der Waals surface area contributed by atoms with Crippen LogP contribution in [0.15, 0.2) is 66.2 Å². The minimum Gasteiger partial charge on any atom is -0.507 e. The molecule has 5 nitrogen and oxygen atoms in total. The first kappa shape index (κ1) is 25.3. The van der Waals surface area contributed by atoms with E-state index in [0.717, 1.165) is 23.1 Å². The van der Waals surface area contributed by atoms with Crippen LogP contribution in [0.5, 0.6) is 5.75 Å². The molecular formula is C27H21ClF3NO4. The zero-order valence-electron chi connectivity index (χ0n) is 19.5. The Balaban J connectivity index is 2.03. The van der Waals surface area contributed by atoms with Gasteiger partial charge in [0.05, 0.1) is 34.9 Å². The fraction of sp³-hybridized carbons (Fsp3) is 0.185. The van der Waals surface area contributed by atoms with Crippen molar-refractivity contribution in [3.8, 4) is 5.75 Å². The van der Waals surface area contributed by atoms with E-state index in [-0.39, 0.29) is 27.6 Å². The number of carbonyl (C=O) groups excluding carboxylic acids is 2. The summed E-state index contributed by atoms with van der Waals surface area (Å²) in [6, 6.07) is 12.9. The molecule has 3 aromatic carbocycles. The number of hydrogen-bond donors (Lipinski definition) is 1. The quantitative estimate of drug-likeness (QED) is 0.241. The van der Waals surface area contributed by atoms with E-state index >= 15 is 0 Å². The first-order valence-corrected chi connectivity index (χ1v) is 11.2. The van der Waals surface area contributed by atoms with E-state index in [0.29, 0.717) is 16.7 Å². The Bertz CT molecular complexity index is 1410. The number of halogens is 4. The molecule has 0 radical (unpaired) electrons. The number of ether oxygens (including phenoxy) is 1. The Kier molecular flexibility index (Phi) is 6.58. The standard InChI is InChI=1S/C27H21ClF3NO4/c1-14-11-19(25(36-3)20(28)12-14)23(33)21-22(18-10-5-4-7-15(18)2)32(26(35)24(21)34)17-9-6-8-16(13-17)27(29,30)31/h4-13,22,33H,1-3H3/b23-21+. The number of aliphatic hydroxyl groups is 1. The molecule has 4 rings (SSSR count). The van der Waals surface area contributed by atoms with Crippen molar-refractivity contribution in [2.75, 3.05) is 12.0 Å². The number of ketones is 1. The Hall–Kier alpha value is -3.78. The van der Waals surface area contributed by atoms with E-state index in [1.807, 2.05) is 0 Å². The van der Waals surface area contributed by atoms with Crippen molar-refractivity contribution in [2.24, 2.45) is 0 Å². The molecule has 1 unspecified atom stereocenters. The lowest BCUT2D eigenvalue weighted by Crippen LogP contribution is -2.30. The van der Waals surface area contributed by atoms with Crippen molar-refractivity contribution in [3.05, 3.63) is 99.1 Å². The van der Waals surface area contributed by atoms with E-state index in [4.69, 9.17) is 16.3 Å². The Morgan fingerprint density at radius 2 is 1.72 bits per heavy atom. The monoisotopic (exact) mass is 515 g/mol. The number of benzene rings is 3. The molecule has 0 bridgehead atoms. The number of methoxy groups -OCH3 is 1. The molecule has 1 heterocycles. The van der Waals surface area contributed by atoms with Crippen LogP contribution in [0.2, 0.25) is 5.02 Å². The fourth-order valence-corrected chi connectivity index (χ4v) is 4.73. The van der Waals surface area contributed by atoms with Crippen molar-refractivity contribution >= 4 is 34.7 Å². The number of nitrogens with zero attached hydrogens (tertiary/aromatic N) is 1. The van der Waals surface area contributed by atoms with Gasteiger partial charge in [-0.05, 0) is 60.9 Å². The van der Waals surface area contributed by atoms with Gasteiger partial charge in [-0.2, -0.15) is 13.2 Å². The van der Waals surface area contributed by atoms with Gasteiger partial charge in [-0.1, -0.05) is 41.9 Å². The van der Waals surface area contributed by atoms with E-state index in [1.165, 1.54) is 13.2 Å². The van der Waals surface area contributed by atoms with E-state index in [9.17, 15) is 27.9 Å². The summed E-state index contributed by atoms with van der Waals surface area (Å²) in [6.45, 7) is 3.47. The third-order valence-electron chi connectivity index (χ3n) is 6.03. The number of aryl methyl sites for hydroxylation is 2. The summed E-state index contributed by atoms with van der Waals surface area (Å²) in [7, 11) is 1.34. The minimum atomic E-state index is -4.66. The van der Waals surface area contributed by atoms with Gasteiger partial charge in [-0.25, -0.2) is 0 Å². The SMILES string of the molecule is COc1c(Cl)cc(C)cc1/C(O)=C1\C(=O)C(=O)N(c2cccc(C(F)(F)F)c2)C1c1ccccc1C. The van der Waals surface area contributed by atoms with Crippen LogP contribution in [-0.4, -0.2) is 23.9 Å². The number of amides is 1. The minimum absolute atomic E-state index is 0.0862. The van der Waals surface area contributed by atoms with E-state index in [2.05, 4.69) is 0 Å². The highest BCUT2D eigenvalue weighted by atomic mass is 35.5. The first-order valence-electron chi connectivity index (χ1n) is 10.8. The lowest BCUT2D eigenvalue weighted by Gasteiger charge is -2.27.